The zero-order chi connectivity index (χ0) is 40.8. The third kappa shape index (κ3) is 42.2. The van der Waals surface area contributed by atoms with Crippen LogP contribution in [0.4, 0.5) is 0 Å². The predicted molar refractivity (Wildman–Crippen MR) is 245 cm³/mol. The molecule has 0 radical (unpaired) electrons. The number of nitrogens with one attached hydrogen (secondary N) is 1. The number of amides is 1. The van der Waals surface area contributed by atoms with Gasteiger partial charge in [0.05, 0.1) is 31.3 Å². The molecule has 0 heterocycles. The molecule has 4 N–H and O–H groups in total. The van der Waals surface area contributed by atoms with Crippen molar-refractivity contribution in [2.45, 2.75) is 276 Å². The summed E-state index contributed by atoms with van der Waals surface area (Å²) in [6.07, 6.45) is 58.7. The van der Waals surface area contributed by atoms with Crippen molar-refractivity contribution in [3.8, 4) is 0 Å². The summed E-state index contributed by atoms with van der Waals surface area (Å²) in [6.45, 7) is 4.23. The van der Waals surface area contributed by atoms with Crippen molar-refractivity contribution in [3.63, 3.8) is 0 Å². The van der Waals surface area contributed by atoms with E-state index in [0.717, 1.165) is 44.9 Å². The van der Waals surface area contributed by atoms with Crippen LogP contribution in [-0.2, 0) is 4.79 Å². The van der Waals surface area contributed by atoms with Gasteiger partial charge in [-0.2, -0.15) is 0 Å². The van der Waals surface area contributed by atoms with Gasteiger partial charge in [0.15, 0.2) is 0 Å². The van der Waals surface area contributed by atoms with Crippen LogP contribution >= 0.6 is 0 Å². The van der Waals surface area contributed by atoms with Gasteiger partial charge >= 0.3 is 0 Å². The first kappa shape index (κ1) is 54.6. The molecule has 5 heteroatoms. The maximum absolute atomic E-state index is 12.5. The molecule has 330 valence electrons. The van der Waals surface area contributed by atoms with Crippen LogP contribution in [0.1, 0.15) is 258 Å². The highest BCUT2D eigenvalue weighted by Gasteiger charge is 2.20. The Morgan fingerprint density at radius 3 is 1.18 bits per heavy atom. The van der Waals surface area contributed by atoms with Crippen LogP contribution in [0.5, 0.6) is 0 Å². The van der Waals surface area contributed by atoms with Crippen molar-refractivity contribution in [2.24, 2.45) is 0 Å². The van der Waals surface area contributed by atoms with Gasteiger partial charge in [-0.25, -0.2) is 0 Å². The summed E-state index contributed by atoms with van der Waals surface area (Å²) in [5.41, 5.74) is 0. The van der Waals surface area contributed by atoms with Gasteiger partial charge in [0.1, 0.15) is 0 Å². The lowest BCUT2D eigenvalue weighted by atomic mass is 10.0. The van der Waals surface area contributed by atoms with Crippen molar-refractivity contribution in [1.82, 2.24) is 5.32 Å². The van der Waals surface area contributed by atoms with Crippen LogP contribution in [0.25, 0.3) is 0 Å². The van der Waals surface area contributed by atoms with Crippen molar-refractivity contribution < 1.29 is 20.1 Å². The summed E-state index contributed by atoms with van der Waals surface area (Å²) < 4.78 is 0. The van der Waals surface area contributed by atoms with Crippen LogP contribution in [0.15, 0.2) is 36.5 Å². The Morgan fingerprint density at radius 2 is 0.804 bits per heavy atom. The van der Waals surface area contributed by atoms with Crippen LogP contribution in [0.2, 0.25) is 0 Å². The predicted octanol–water partition coefficient (Wildman–Crippen LogP) is 14.7. The van der Waals surface area contributed by atoms with Gasteiger partial charge in [-0.15, -0.1) is 0 Å². The number of hydrogen-bond donors (Lipinski definition) is 4. The Balaban J connectivity index is 3.66. The summed E-state index contributed by atoms with van der Waals surface area (Å²) in [7, 11) is 0. The van der Waals surface area contributed by atoms with Crippen LogP contribution < -0.4 is 5.32 Å². The van der Waals surface area contributed by atoms with Crippen LogP contribution in [-0.4, -0.2) is 46.1 Å². The fourth-order valence-corrected chi connectivity index (χ4v) is 7.61. The number of unbranched alkanes of at least 4 members (excludes halogenated alkanes) is 32. The minimum absolute atomic E-state index is 0.00464. The van der Waals surface area contributed by atoms with Gasteiger partial charge in [-0.1, -0.05) is 237 Å². The van der Waals surface area contributed by atoms with E-state index in [1.807, 2.05) is 6.08 Å². The Bertz CT molecular complexity index is 870. The number of aliphatic hydroxyl groups is 3. The van der Waals surface area contributed by atoms with E-state index < -0.39 is 18.2 Å². The van der Waals surface area contributed by atoms with E-state index in [1.54, 1.807) is 6.08 Å². The molecule has 0 aliphatic heterocycles. The maximum Gasteiger partial charge on any atom is 0.222 e. The normalized spacial score (nSPS) is 13.7. The Hall–Kier alpha value is -1.43. The summed E-state index contributed by atoms with van der Waals surface area (Å²) in [6, 6.07) is -0.749. The molecular weight excluding hydrogens is 691 g/mol. The molecular formula is C51H97NO4. The molecule has 0 aromatic carbocycles. The molecule has 0 rings (SSSR count). The highest BCUT2D eigenvalue weighted by atomic mass is 16.3. The lowest BCUT2D eigenvalue weighted by Crippen LogP contribution is -2.45. The third-order valence-corrected chi connectivity index (χ3v) is 11.4. The topological polar surface area (TPSA) is 89.8 Å². The smallest absolute Gasteiger partial charge is 0.222 e. The number of aliphatic hydroxyl groups excluding tert-OH is 3. The molecule has 0 spiro atoms. The molecule has 0 aromatic rings. The molecule has 0 aliphatic carbocycles. The van der Waals surface area contributed by atoms with Gasteiger partial charge in [0.25, 0.3) is 0 Å². The fourth-order valence-electron chi connectivity index (χ4n) is 7.61. The number of allylic oxidation sites excluding steroid dienone is 5. The van der Waals surface area contributed by atoms with E-state index in [1.165, 1.54) is 186 Å². The SMILES string of the molecule is CCCCCCCCCCC/C=C\C/C=C\CCCCCCCC(O)CC(=O)NC(CO)C(O)/C=C/CCCCCCCCCCCCCCCCCCCC. The summed E-state index contributed by atoms with van der Waals surface area (Å²) in [4.78, 5) is 12.5. The Kier molecular flexibility index (Phi) is 45.1. The van der Waals surface area contributed by atoms with Gasteiger partial charge in [0, 0.05) is 0 Å². The quantitative estimate of drug-likeness (QED) is 0.0365. The maximum atomic E-state index is 12.5. The van der Waals surface area contributed by atoms with Crippen molar-refractivity contribution in [2.75, 3.05) is 6.61 Å². The average molecular weight is 788 g/mol. The lowest BCUT2D eigenvalue weighted by Gasteiger charge is -2.21. The van der Waals surface area contributed by atoms with Crippen LogP contribution in [0.3, 0.4) is 0 Å². The fraction of sp³-hybridized carbons (Fsp3) is 0.863. The van der Waals surface area contributed by atoms with E-state index in [9.17, 15) is 20.1 Å². The molecule has 0 aliphatic rings. The van der Waals surface area contributed by atoms with Gasteiger partial charge in [-0.05, 0) is 51.4 Å². The monoisotopic (exact) mass is 788 g/mol. The molecule has 0 bridgehead atoms. The molecule has 0 aromatic heterocycles. The highest BCUT2D eigenvalue weighted by Crippen LogP contribution is 2.16. The summed E-state index contributed by atoms with van der Waals surface area (Å²) in [5.74, 6) is -0.322. The average Bonchev–Trinajstić information content (AvgIpc) is 3.19. The highest BCUT2D eigenvalue weighted by molar-refractivity contribution is 5.76. The number of carbonyl (C=O) groups excluding carboxylic acids is 1. The third-order valence-electron chi connectivity index (χ3n) is 11.4. The molecule has 0 saturated heterocycles. The van der Waals surface area contributed by atoms with E-state index in [-0.39, 0.29) is 18.9 Å². The Morgan fingerprint density at radius 1 is 0.464 bits per heavy atom. The second kappa shape index (κ2) is 46.3. The zero-order valence-electron chi connectivity index (χ0n) is 37.5. The first-order valence-electron chi connectivity index (χ1n) is 24.8. The first-order valence-corrected chi connectivity index (χ1v) is 24.8. The van der Waals surface area contributed by atoms with Gasteiger partial charge in [-0.3, -0.25) is 4.79 Å². The summed E-state index contributed by atoms with van der Waals surface area (Å²) >= 11 is 0. The second-order valence-electron chi connectivity index (χ2n) is 17.1. The standard InChI is InChI=1S/C51H97NO4/c1-3-5-7-9-11-13-15-17-19-21-23-25-26-28-30-32-34-36-38-40-42-44-48(54)46-51(56)52-49(47-53)50(55)45-43-41-39-37-35-33-31-29-27-24-22-20-18-16-14-12-10-8-6-4-2/h23,25,28,30,43,45,48-50,53-55H,3-22,24,26-27,29,31-42,44,46-47H2,1-2H3,(H,52,56)/b25-23-,30-28-,45-43+. The molecule has 5 nitrogen and oxygen atoms in total. The lowest BCUT2D eigenvalue weighted by molar-refractivity contribution is -0.124. The van der Waals surface area contributed by atoms with Crippen molar-refractivity contribution in [1.29, 1.82) is 0 Å². The van der Waals surface area contributed by atoms with Gasteiger partial charge < -0.3 is 20.6 Å². The molecule has 3 unspecified atom stereocenters. The van der Waals surface area contributed by atoms with E-state index in [0.29, 0.717) is 6.42 Å². The molecule has 0 fully saturated rings. The van der Waals surface area contributed by atoms with E-state index >= 15 is 0 Å². The zero-order valence-corrected chi connectivity index (χ0v) is 37.5. The van der Waals surface area contributed by atoms with Crippen molar-refractivity contribution in [3.05, 3.63) is 36.5 Å². The molecule has 56 heavy (non-hydrogen) atoms. The van der Waals surface area contributed by atoms with E-state index in [2.05, 4.69) is 43.5 Å². The number of hydrogen-bond acceptors (Lipinski definition) is 4. The first-order chi connectivity index (χ1) is 27.5. The Labute approximate surface area is 349 Å². The van der Waals surface area contributed by atoms with Gasteiger partial charge in [0.2, 0.25) is 5.91 Å². The molecule has 3 atom stereocenters. The van der Waals surface area contributed by atoms with Crippen LogP contribution in [0, 0.1) is 0 Å². The second-order valence-corrected chi connectivity index (χ2v) is 17.1. The number of carbonyl (C=O) groups is 1. The minimum Gasteiger partial charge on any atom is -0.394 e. The molecule has 1 amide bonds. The molecule has 0 saturated carbocycles. The minimum atomic E-state index is -0.933. The van der Waals surface area contributed by atoms with Crippen molar-refractivity contribution >= 4 is 5.91 Å². The largest absolute Gasteiger partial charge is 0.394 e. The van der Waals surface area contributed by atoms with E-state index in [4.69, 9.17) is 0 Å². The number of rotatable bonds is 45. The summed E-state index contributed by atoms with van der Waals surface area (Å²) in [5, 5.41) is 33.3.